The minimum Gasteiger partial charge on any atom is -0.456 e. The maximum atomic E-state index is 11.3. The molecule has 98 valence electrons. The number of benzene rings is 2. The van der Waals surface area contributed by atoms with Gasteiger partial charge in [0.05, 0.1) is 11.7 Å². The highest BCUT2D eigenvalue weighted by Crippen LogP contribution is 2.30. The number of amides is 1. The second-order valence-corrected chi connectivity index (χ2v) is 4.18. The van der Waals surface area contributed by atoms with Crippen LogP contribution in [0.2, 0.25) is 0 Å². The smallest absolute Gasteiger partial charge is 0.252 e. The van der Waals surface area contributed by atoms with E-state index in [1.54, 1.807) is 49.4 Å². The van der Waals surface area contributed by atoms with Gasteiger partial charge in [0, 0.05) is 5.56 Å². The number of hydrogen-bond acceptors (Lipinski definition) is 3. The van der Waals surface area contributed by atoms with Crippen LogP contribution in [0, 0.1) is 0 Å². The predicted molar refractivity (Wildman–Crippen MR) is 72.1 cm³/mol. The van der Waals surface area contributed by atoms with Crippen LogP contribution >= 0.6 is 0 Å². The van der Waals surface area contributed by atoms with E-state index in [4.69, 9.17) is 10.5 Å². The summed E-state index contributed by atoms with van der Waals surface area (Å²) >= 11 is 0. The Bertz CT molecular complexity index is 593. The summed E-state index contributed by atoms with van der Waals surface area (Å²) in [7, 11) is 0. The van der Waals surface area contributed by atoms with E-state index in [2.05, 4.69) is 0 Å². The van der Waals surface area contributed by atoms with E-state index in [0.717, 1.165) is 0 Å². The van der Waals surface area contributed by atoms with Gasteiger partial charge in [0.2, 0.25) is 0 Å². The number of nitrogens with two attached hydrogens (primary N) is 1. The monoisotopic (exact) mass is 257 g/mol. The SMILES string of the molecule is C[C@H](O)c1ccccc1Oc1ccccc1C(N)=O. The third kappa shape index (κ3) is 2.92. The third-order valence-electron chi connectivity index (χ3n) is 2.74. The molecule has 2 aromatic carbocycles. The number of ether oxygens (including phenoxy) is 1. The molecule has 1 amide bonds. The first-order chi connectivity index (χ1) is 9.09. The van der Waals surface area contributed by atoms with E-state index in [1.807, 2.05) is 6.07 Å². The van der Waals surface area contributed by atoms with Gasteiger partial charge in [-0.1, -0.05) is 30.3 Å². The molecule has 2 aromatic rings. The number of primary amides is 1. The summed E-state index contributed by atoms with van der Waals surface area (Å²) in [5, 5.41) is 9.69. The van der Waals surface area contributed by atoms with Crippen LogP contribution in [0.25, 0.3) is 0 Å². The third-order valence-corrected chi connectivity index (χ3v) is 2.74. The minimum atomic E-state index is -0.656. The number of hydrogen-bond donors (Lipinski definition) is 2. The van der Waals surface area contributed by atoms with Crippen molar-refractivity contribution in [2.24, 2.45) is 5.73 Å². The number of carbonyl (C=O) groups excluding carboxylic acids is 1. The van der Waals surface area contributed by atoms with E-state index in [9.17, 15) is 9.90 Å². The molecule has 0 fully saturated rings. The van der Waals surface area contributed by atoms with Crippen molar-refractivity contribution in [1.29, 1.82) is 0 Å². The molecule has 0 heterocycles. The molecule has 4 heteroatoms. The van der Waals surface area contributed by atoms with Crippen LogP contribution in [-0.2, 0) is 0 Å². The topological polar surface area (TPSA) is 72.6 Å². The van der Waals surface area contributed by atoms with Gasteiger partial charge >= 0.3 is 0 Å². The standard InChI is InChI=1S/C15H15NO3/c1-10(17)11-6-2-4-8-13(11)19-14-9-5-3-7-12(14)15(16)18/h2-10,17H,1H3,(H2,16,18)/t10-/m0/s1. The van der Waals surface area contributed by atoms with Gasteiger partial charge in [0.25, 0.3) is 5.91 Å². The zero-order chi connectivity index (χ0) is 13.8. The summed E-state index contributed by atoms with van der Waals surface area (Å²) in [5.74, 6) is 0.333. The van der Waals surface area contributed by atoms with E-state index >= 15 is 0 Å². The fourth-order valence-corrected chi connectivity index (χ4v) is 1.80. The Labute approximate surface area is 111 Å². The highest BCUT2D eigenvalue weighted by Gasteiger charge is 2.13. The number of aliphatic hydroxyl groups excluding tert-OH is 1. The molecule has 0 aliphatic carbocycles. The maximum Gasteiger partial charge on any atom is 0.252 e. The molecule has 0 unspecified atom stereocenters. The van der Waals surface area contributed by atoms with Gasteiger partial charge in [0.1, 0.15) is 11.5 Å². The molecule has 2 rings (SSSR count). The largest absolute Gasteiger partial charge is 0.456 e. The molecule has 0 saturated heterocycles. The Morgan fingerprint density at radius 3 is 2.32 bits per heavy atom. The van der Waals surface area contributed by atoms with Crippen LogP contribution in [0.4, 0.5) is 0 Å². The van der Waals surface area contributed by atoms with Crippen molar-refractivity contribution in [2.45, 2.75) is 13.0 Å². The summed E-state index contributed by atoms with van der Waals surface area (Å²) in [5.41, 5.74) is 6.26. The number of carbonyl (C=O) groups is 1. The Morgan fingerprint density at radius 2 is 1.68 bits per heavy atom. The first-order valence-electron chi connectivity index (χ1n) is 5.93. The second-order valence-electron chi connectivity index (χ2n) is 4.18. The Morgan fingerprint density at radius 1 is 1.11 bits per heavy atom. The number of rotatable bonds is 4. The van der Waals surface area contributed by atoms with Crippen molar-refractivity contribution in [1.82, 2.24) is 0 Å². The van der Waals surface area contributed by atoms with Gasteiger partial charge in [-0.25, -0.2) is 0 Å². The molecule has 0 aliphatic rings. The molecule has 4 nitrogen and oxygen atoms in total. The average Bonchev–Trinajstić information content (AvgIpc) is 2.39. The van der Waals surface area contributed by atoms with Crippen molar-refractivity contribution < 1.29 is 14.6 Å². The van der Waals surface area contributed by atoms with Crippen LogP contribution in [0.5, 0.6) is 11.5 Å². The van der Waals surface area contributed by atoms with Crippen LogP contribution in [0.3, 0.4) is 0 Å². The Hall–Kier alpha value is -2.33. The molecule has 0 saturated carbocycles. The van der Waals surface area contributed by atoms with Crippen molar-refractivity contribution in [2.75, 3.05) is 0 Å². The molecular weight excluding hydrogens is 242 g/mol. The first kappa shape index (κ1) is 13.1. The number of para-hydroxylation sites is 2. The van der Waals surface area contributed by atoms with Gasteiger partial charge in [-0.15, -0.1) is 0 Å². The summed E-state index contributed by atoms with van der Waals surface area (Å²) < 4.78 is 5.70. The maximum absolute atomic E-state index is 11.3. The van der Waals surface area contributed by atoms with E-state index in [1.165, 1.54) is 0 Å². The fourth-order valence-electron chi connectivity index (χ4n) is 1.80. The van der Waals surface area contributed by atoms with Crippen molar-refractivity contribution in [3.63, 3.8) is 0 Å². The minimum absolute atomic E-state index is 0.308. The second kappa shape index (κ2) is 5.54. The van der Waals surface area contributed by atoms with Crippen LogP contribution in [-0.4, -0.2) is 11.0 Å². The lowest BCUT2D eigenvalue weighted by Gasteiger charge is -2.14. The summed E-state index contributed by atoms with van der Waals surface area (Å²) in [6.07, 6.45) is -0.656. The lowest BCUT2D eigenvalue weighted by Crippen LogP contribution is -2.12. The molecule has 0 radical (unpaired) electrons. The fraction of sp³-hybridized carbons (Fsp3) is 0.133. The zero-order valence-corrected chi connectivity index (χ0v) is 10.5. The summed E-state index contributed by atoms with van der Waals surface area (Å²) in [6.45, 7) is 1.65. The highest BCUT2D eigenvalue weighted by molar-refractivity contribution is 5.95. The zero-order valence-electron chi connectivity index (χ0n) is 10.5. The van der Waals surface area contributed by atoms with E-state index < -0.39 is 12.0 Å². The van der Waals surface area contributed by atoms with Gasteiger partial charge in [-0.2, -0.15) is 0 Å². The van der Waals surface area contributed by atoms with Crippen molar-refractivity contribution in [3.05, 3.63) is 59.7 Å². The molecule has 3 N–H and O–H groups in total. The van der Waals surface area contributed by atoms with E-state index in [0.29, 0.717) is 22.6 Å². The van der Waals surface area contributed by atoms with Gasteiger partial charge in [-0.3, -0.25) is 4.79 Å². The first-order valence-corrected chi connectivity index (χ1v) is 5.93. The van der Waals surface area contributed by atoms with Gasteiger partial charge < -0.3 is 15.6 Å². The van der Waals surface area contributed by atoms with Crippen LogP contribution < -0.4 is 10.5 Å². The van der Waals surface area contributed by atoms with Gasteiger partial charge in [0.15, 0.2) is 0 Å². The molecule has 0 bridgehead atoms. The molecule has 19 heavy (non-hydrogen) atoms. The lowest BCUT2D eigenvalue weighted by molar-refractivity contribution is 0.0998. The normalized spacial score (nSPS) is 11.9. The summed E-state index contributed by atoms with van der Waals surface area (Å²) in [4.78, 5) is 11.3. The lowest BCUT2D eigenvalue weighted by atomic mass is 10.1. The molecule has 0 aliphatic heterocycles. The van der Waals surface area contributed by atoms with E-state index in [-0.39, 0.29) is 0 Å². The quantitative estimate of drug-likeness (QED) is 0.884. The molecule has 0 spiro atoms. The van der Waals surface area contributed by atoms with Crippen molar-refractivity contribution in [3.8, 4) is 11.5 Å². The van der Waals surface area contributed by atoms with Crippen molar-refractivity contribution >= 4 is 5.91 Å². The van der Waals surface area contributed by atoms with Crippen LogP contribution in [0.1, 0.15) is 28.9 Å². The number of aliphatic hydroxyl groups is 1. The predicted octanol–water partition coefficient (Wildman–Crippen LogP) is 2.63. The Kier molecular flexibility index (Phi) is 3.82. The molecular formula is C15H15NO3. The molecule has 1 atom stereocenters. The highest BCUT2D eigenvalue weighted by atomic mass is 16.5. The summed E-state index contributed by atoms with van der Waals surface area (Å²) in [6, 6.07) is 13.9. The Balaban J connectivity index is 2.39. The van der Waals surface area contributed by atoms with Crippen LogP contribution in [0.15, 0.2) is 48.5 Å². The average molecular weight is 257 g/mol. The van der Waals surface area contributed by atoms with Gasteiger partial charge in [-0.05, 0) is 25.1 Å². The molecule has 0 aromatic heterocycles.